The third-order valence-corrected chi connectivity index (χ3v) is 6.46. The van der Waals surface area contributed by atoms with Crippen LogP contribution in [0.4, 0.5) is 0 Å². The van der Waals surface area contributed by atoms with Crippen molar-refractivity contribution in [1.29, 1.82) is 0 Å². The summed E-state index contributed by atoms with van der Waals surface area (Å²) in [4.78, 5) is 9.60. The normalized spacial score (nSPS) is 21.7. The van der Waals surface area contributed by atoms with Crippen molar-refractivity contribution < 1.29 is 0 Å². The lowest BCUT2D eigenvalue weighted by Gasteiger charge is -2.31. The van der Waals surface area contributed by atoms with Crippen molar-refractivity contribution in [3.05, 3.63) is 35.9 Å². The minimum atomic E-state index is 0. The lowest BCUT2D eigenvalue weighted by atomic mass is 9.93. The number of hydrogen-bond donors (Lipinski definition) is 2. The van der Waals surface area contributed by atoms with Crippen molar-refractivity contribution in [3.63, 3.8) is 0 Å². The van der Waals surface area contributed by atoms with Gasteiger partial charge in [-0.05, 0) is 69.8 Å². The van der Waals surface area contributed by atoms with Gasteiger partial charge in [-0.25, -0.2) is 0 Å². The third-order valence-electron chi connectivity index (χ3n) is 6.46. The van der Waals surface area contributed by atoms with E-state index in [0.717, 1.165) is 31.5 Å². The second-order valence-electron chi connectivity index (χ2n) is 8.30. The molecule has 2 heterocycles. The molecular formula is C23H40IN5. The number of aliphatic imine (C=N–C) groups is 1. The van der Waals surface area contributed by atoms with Gasteiger partial charge in [-0.15, -0.1) is 24.0 Å². The van der Waals surface area contributed by atoms with Gasteiger partial charge in [0.15, 0.2) is 5.96 Å². The predicted molar refractivity (Wildman–Crippen MR) is 134 cm³/mol. The summed E-state index contributed by atoms with van der Waals surface area (Å²) in [6.45, 7) is 10.3. The van der Waals surface area contributed by atoms with E-state index in [-0.39, 0.29) is 24.0 Å². The summed E-state index contributed by atoms with van der Waals surface area (Å²) in [6.07, 6.45) is 6.51. The fourth-order valence-electron chi connectivity index (χ4n) is 4.57. The van der Waals surface area contributed by atoms with Gasteiger partial charge < -0.3 is 15.5 Å². The lowest BCUT2D eigenvalue weighted by molar-refractivity contribution is 0.187. The fraction of sp³-hybridized carbons (Fsp3) is 0.696. The molecule has 164 valence electrons. The Morgan fingerprint density at radius 2 is 1.83 bits per heavy atom. The number of benzene rings is 1. The van der Waals surface area contributed by atoms with Gasteiger partial charge in [0.25, 0.3) is 0 Å². The summed E-state index contributed by atoms with van der Waals surface area (Å²) >= 11 is 0. The van der Waals surface area contributed by atoms with Crippen LogP contribution in [-0.2, 0) is 6.54 Å². The van der Waals surface area contributed by atoms with Crippen molar-refractivity contribution in [2.24, 2.45) is 10.9 Å². The van der Waals surface area contributed by atoms with E-state index in [2.05, 4.69) is 62.7 Å². The molecule has 0 aromatic heterocycles. The molecule has 0 radical (unpaired) electrons. The number of rotatable bonds is 8. The molecule has 2 N–H and O–H groups in total. The molecule has 2 saturated heterocycles. The number of nitrogens with one attached hydrogen (secondary N) is 2. The largest absolute Gasteiger partial charge is 0.356 e. The first-order valence-electron chi connectivity index (χ1n) is 11.2. The van der Waals surface area contributed by atoms with E-state index in [9.17, 15) is 0 Å². The van der Waals surface area contributed by atoms with Crippen LogP contribution in [0.5, 0.6) is 0 Å². The van der Waals surface area contributed by atoms with Crippen LogP contribution < -0.4 is 10.6 Å². The highest BCUT2D eigenvalue weighted by molar-refractivity contribution is 14.0. The second-order valence-corrected chi connectivity index (χ2v) is 8.30. The van der Waals surface area contributed by atoms with Crippen molar-refractivity contribution in [2.75, 3.05) is 46.3 Å². The van der Waals surface area contributed by atoms with Crippen LogP contribution in [-0.4, -0.2) is 68.1 Å². The van der Waals surface area contributed by atoms with Gasteiger partial charge in [0.2, 0.25) is 0 Å². The number of halogens is 1. The summed E-state index contributed by atoms with van der Waals surface area (Å²) in [7, 11) is 1.88. The Morgan fingerprint density at radius 1 is 1.07 bits per heavy atom. The monoisotopic (exact) mass is 513 g/mol. The first-order valence-corrected chi connectivity index (χ1v) is 11.2. The zero-order chi connectivity index (χ0) is 19.6. The molecule has 3 rings (SSSR count). The first-order chi connectivity index (χ1) is 13.8. The zero-order valence-corrected chi connectivity index (χ0v) is 20.6. The Kier molecular flexibility index (Phi) is 11.3. The highest BCUT2D eigenvalue weighted by atomic mass is 127. The molecule has 0 amide bonds. The van der Waals surface area contributed by atoms with Crippen LogP contribution >= 0.6 is 24.0 Å². The topological polar surface area (TPSA) is 42.9 Å². The molecule has 0 spiro atoms. The van der Waals surface area contributed by atoms with Crippen molar-refractivity contribution >= 4 is 29.9 Å². The van der Waals surface area contributed by atoms with E-state index in [1.807, 2.05) is 7.05 Å². The summed E-state index contributed by atoms with van der Waals surface area (Å²) < 4.78 is 0. The second kappa shape index (κ2) is 13.4. The number of piperidine rings is 1. The molecule has 0 bridgehead atoms. The average Bonchev–Trinajstić information content (AvgIpc) is 3.18. The molecule has 29 heavy (non-hydrogen) atoms. The van der Waals surface area contributed by atoms with Gasteiger partial charge in [-0.3, -0.25) is 9.89 Å². The van der Waals surface area contributed by atoms with Crippen LogP contribution in [0.15, 0.2) is 35.3 Å². The minimum absolute atomic E-state index is 0. The highest BCUT2D eigenvalue weighted by Crippen LogP contribution is 2.20. The first kappa shape index (κ1) is 24.4. The number of nitrogens with zero attached hydrogens (tertiary/aromatic N) is 3. The van der Waals surface area contributed by atoms with Crippen LogP contribution in [0.1, 0.15) is 44.6 Å². The standard InChI is InChI=1S/C23H39N5.HI/c1-3-27-16-12-20(13-17-27)11-14-25-23(24-2)26-18-22-10-7-15-28(22)19-21-8-5-4-6-9-21;/h4-6,8-9,20,22H,3,7,10-19H2,1-2H3,(H2,24,25,26);1H. The Balaban J connectivity index is 0.00000300. The highest BCUT2D eigenvalue weighted by Gasteiger charge is 2.24. The van der Waals surface area contributed by atoms with Crippen LogP contribution in [0.25, 0.3) is 0 Å². The smallest absolute Gasteiger partial charge is 0.191 e. The predicted octanol–water partition coefficient (Wildman–Crippen LogP) is 3.56. The Bertz CT molecular complexity index is 586. The number of hydrogen-bond acceptors (Lipinski definition) is 3. The fourth-order valence-corrected chi connectivity index (χ4v) is 4.57. The third kappa shape index (κ3) is 8.06. The van der Waals surface area contributed by atoms with E-state index in [0.29, 0.717) is 6.04 Å². The maximum absolute atomic E-state index is 4.43. The van der Waals surface area contributed by atoms with Gasteiger partial charge in [0.05, 0.1) is 0 Å². The molecular weight excluding hydrogens is 473 g/mol. The molecule has 0 saturated carbocycles. The minimum Gasteiger partial charge on any atom is -0.356 e. The summed E-state index contributed by atoms with van der Waals surface area (Å²) in [5.41, 5.74) is 1.41. The van der Waals surface area contributed by atoms with Gasteiger partial charge in [0, 0.05) is 32.7 Å². The van der Waals surface area contributed by atoms with Crippen molar-refractivity contribution in [3.8, 4) is 0 Å². The Hall–Kier alpha value is -0.860. The van der Waals surface area contributed by atoms with E-state index >= 15 is 0 Å². The van der Waals surface area contributed by atoms with Gasteiger partial charge in [0.1, 0.15) is 0 Å². The Morgan fingerprint density at radius 3 is 2.52 bits per heavy atom. The lowest BCUT2D eigenvalue weighted by Crippen LogP contribution is -2.45. The van der Waals surface area contributed by atoms with E-state index < -0.39 is 0 Å². The molecule has 0 aliphatic carbocycles. The van der Waals surface area contributed by atoms with E-state index in [1.165, 1.54) is 63.8 Å². The van der Waals surface area contributed by atoms with E-state index in [4.69, 9.17) is 0 Å². The average molecular weight is 514 g/mol. The van der Waals surface area contributed by atoms with Gasteiger partial charge in [-0.2, -0.15) is 0 Å². The van der Waals surface area contributed by atoms with Crippen molar-refractivity contribution in [2.45, 2.75) is 51.6 Å². The maximum atomic E-state index is 4.43. The molecule has 5 nitrogen and oxygen atoms in total. The molecule has 1 aromatic carbocycles. The maximum Gasteiger partial charge on any atom is 0.191 e. The quantitative estimate of drug-likeness (QED) is 0.317. The number of guanidine groups is 1. The Labute approximate surface area is 194 Å². The molecule has 1 unspecified atom stereocenters. The van der Waals surface area contributed by atoms with Crippen molar-refractivity contribution in [1.82, 2.24) is 20.4 Å². The van der Waals surface area contributed by atoms with Crippen LogP contribution in [0.2, 0.25) is 0 Å². The van der Waals surface area contributed by atoms with E-state index in [1.54, 1.807) is 0 Å². The van der Waals surface area contributed by atoms with Crippen LogP contribution in [0.3, 0.4) is 0 Å². The molecule has 2 aliphatic heterocycles. The van der Waals surface area contributed by atoms with Gasteiger partial charge in [-0.1, -0.05) is 37.3 Å². The number of likely N-dealkylation sites (tertiary alicyclic amines) is 2. The molecule has 2 fully saturated rings. The van der Waals surface area contributed by atoms with Gasteiger partial charge >= 0.3 is 0 Å². The molecule has 1 aromatic rings. The zero-order valence-electron chi connectivity index (χ0n) is 18.3. The summed E-state index contributed by atoms with van der Waals surface area (Å²) in [5, 5.41) is 7.11. The van der Waals surface area contributed by atoms with Crippen LogP contribution in [0, 0.1) is 5.92 Å². The molecule has 1 atom stereocenters. The summed E-state index contributed by atoms with van der Waals surface area (Å²) in [5.74, 6) is 1.82. The SMILES string of the molecule is CCN1CCC(CCNC(=NC)NCC2CCCN2Cc2ccccc2)CC1.I. The molecule has 2 aliphatic rings. The molecule has 6 heteroatoms. The summed E-state index contributed by atoms with van der Waals surface area (Å²) in [6, 6.07) is 11.4.